The Morgan fingerprint density at radius 2 is 1.97 bits per heavy atom. The normalized spacial score (nSPS) is 11.6. The highest BCUT2D eigenvalue weighted by Gasteiger charge is 2.24. The molecule has 1 N–H and O–H groups in total. The Balaban J connectivity index is 2.20. The largest absolute Gasteiger partial charge is 0.478 e. The van der Waals surface area contributed by atoms with Gasteiger partial charge in [-0.25, -0.2) is 9.78 Å². The van der Waals surface area contributed by atoms with Crippen LogP contribution in [0.1, 0.15) is 52.2 Å². The zero-order chi connectivity index (χ0) is 24.0. The van der Waals surface area contributed by atoms with Crippen molar-refractivity contribution in [3.8, 4) is 0 Å². The van der Waals surface area contributed by atoms with E-state index >= 15 is 0 Å². The number of carbonyl (C=O) groups is 2. The lowest BCUT2D eigenvalue weighted by Gasteiger charge is -2.14. The predicted molar refractivity (Wildman–Crippen MR) is 133 cm³/mol. The molecular weight excluding hydrogens is 458 g/mol. The van der Waals surface area contributed by atoms with Gasteiger partial charge in [0, 0.05) is 42.4 Å². The summed E-state index contributed by atoms with van der Waals surface area (Å²) >= 11 is 7.94. The number of hydrogen-bond donors (Lipinski definition) is 1. The Morgan fingerprint density at radius 1 is 1.21 bits per heavy atom. The van der Waals surface area contributed by atoms with Crippen molar-refractivity contribution in [3.05, 3.63) is 80.0 Å². The molecule has 0 aliphatic rings. The van der Waals surface area contributed by atoms with E-state index in [1.165, 1.54) is 16.2 Å². The average molecular weight is 486 g/mol. The number of carboxylic acid groups (broad SMARTS) is 1. The second kappa shape index (κ2) is 11.3. The minimum Gasteiger partial charge on any atom is -0.478 e. The van der Waals surface area contributed by atoms with Crippen LogP contribution in [-0.2, 0) is 24.2 Å². The third-order valence-corrected chi connectivity index (χ3v) is 6.51. The quantitative estimate of drug-likeness (QED) is 0.390. The van der Waals surface area contributed by atoms with E-state index in [4.69, 9.17) is 16.6 Å². The van der Waals surface area contributed by atoms with Gasteiger partial charge in [0.05, 0.1) is 12.2 Å². The van der Waals surface area contributed by atoms with E-state index in [0.29, 0.717) is 23.7 Å². The lowest BCUT2D eigenvalue weighted by molar-refractivity contribution is -0.132. The Hall–Kier alpha value is -2.90. The standard InChI is InChI=1S/C25H28ClN3O3S/c1-4-5-12-22-27-23(24(30)28(2)3)21(29(22)16-17-9-6-7-11-20(17)26)15-18(25(31)32)14-19-10-8-13-33-19/h6-11,13,15H,4-5,12,14,16H2,1-3H3,(H,31,32)/b18-15+. The molecule has 1 aromatic carbocycles. The molecule has 0 unspecified atom stereocenters. The second-order valence-electron chi connectivity index (χ2n) is 7.97. The molecule has 2 heterocycles. The van der Waals surface area contributed by atoms with Gasteiger partial charge >= 0.3 is 5.97 Å². The predicted octanol–water partition coefficient (Wildman–Crippen LogP) is 5.40. The topological polar surface area (TPSA) is 75.4 Å². The molecular formula is C25H28ClN3O3S. The molecule has 3 aromatic rings. The molecule has 0 spiro atoms. The number of benzene rings is 1. The number of rotatable bonds is 10. The number of halogens is 1. The second-order valence-corrected chi connectivity index (χ2v) is 9.41. The number of hydrogen-bond acceptors (Lipinski definition) is 4. The number of carbonyl (C=O) groups excluding carboxylic acids is 1. The summed E-state index contributed by atoms with van der Waals surface area (Å²) in [5, 5.41) is 12.5. The van der Waals surface area contributed by atoms with Gasteiger partial charge in [-0.3, -0.25) is 4.79 Å². The first-order chi connectivity index (χ1) is 15.8. The third-order valence-electron chi connectivity index (χ3n) is 5.27. The first kappa shape index (κ1) is 24.7. The monoisotopic (exact) mass is 485 g/mol. The van der Waals surface area contributed by atoms with Crippen molar-refractivity contribution >= 4 is 40.9 Å². The summed E-state index contributed by atoms with van der Waals surface area (Å²) in [5.74, 6) is -0.542. The molecule has 33 heavy (non-hydrogen) atoms. The lowest BCUT2D eigenvalue weighted by atomic mass is 10.1. The van der Waals surface area contributed by atoms with Crippen molar-refractivity contribution in [2.75, 3.05) is 14.1 Å². The van der Waals surface area contributed by atoms with E-state index in [-0.39, 0.29) is 23.6 Å². The molecule has 6 nitrogen and oxygen atoms in total. The van der Waals surface area contributed by atoms with Gasteiger partial charge in [-0.2, -0.15) is 0 Å². The molecule has 0 fully saturated rings. The van der Waals surface area contributed by atoms with Crippen molar-refractivity contribution in [1.29, 1.82) is 0 Å². The summed E-state index contributed by atoms with van der Waals surface area (Å²) < 4.78 is 1.94. The molecule has 0 aliphatic heterocycles. The van der Waals surface area contributed by atoms with Gasteiger partial charge < -0.3 is 14.6 Å². The van der Waals surface area contributed by atoms with Gasteiger partial charge in [-0.05, 0) is 35.6 Å². The summed E-state index contributed by atoms with van der Waals surface area (Å²) in [6.45, 7) is 2.49. The zero-order valence-corrected chi connectivity index (χ0v) is 20.6. The maximum Gasteiger partial charge on any atom is 0.332 e. The van der Waals surface area contributed by atoms with Crippen LogP contribution in [0.25, 0.3) is 6.08 Å². The molecule has 3 rings (SSSR count). The van der Waals surface area contributed by atoms with Crippen LogP contribution >= 0.6 is 22.9 Å². The molecule has 0 bridgehead atoms. The van der Waals surface area contributed by atoms with Gasteiger partial charge in [-0.1, -0.05) is 49.2 Å². The van der Waals surface area contributed by atoms with Crippen molar-refractivity contribution in [3.63, 3.8) is 0 Å². The Bertz CT molecular complexity index is 1150. The lowest BCUT2D eigenvalue weighted by Crippen LogP contribution is -2.23. The molecule has 0 aliphatic carbocycles. The molecule has 174 valence electrons. The summed E-state index contributed by atoms with van der Waals surface area (Å²) in [6.07, 6.45) is 4.41. The van der Waals surface area contributed by atoms with Crippen LogP contribution in [0, 0.1) is 0 Å². The van der Waals surface area contributed by atoms with E-state index in [2.05, 4.69) is 6.92 Å². The fraction of sp³-hybridized carbons (Fsp3) is 0.320. The van der Waals surface area contributed by atoms with Crippen molar-refractivity contribution in [1.82, 2.24) is 14.5 Å². The third kappa shape index (κ3) is 6.12. The summed E-state index contributed by atoms with van der Waals surface area (Å²) in [6, 6.07) is 11.3. The molecule has 1 amide bonds. The SMILES string of the molecule is CCCCc1nc(C(=O)N(C)C)c(/C=C(\Cc2cccs2)C(=O)O)n1Cc1ccccc1Cl. The van der Waals surface area contributed by atoms with Gasteiger partial charge in [-0.15, -0.1) is 11.3 Å². The van der Waals surface area contributed by atoms with Crippen LogP contribution in [0.2, 0.25) is 5.02 Å². The molecule has 0 saturated carbocycles. The van der Waals surface area contributed by atoms with Crippen molar-refractivity contribution < 1.29 is 14.7 Å². The molecule has 8 heteroatoms. The van der Waals surface area contributed by atoms with E-state index < -0.39 is 5.97 Å². The first-order valence-corrected chi connectivity index (χ1v) is 12.1. The zero-order valence-electron chi connectivity index (χ0n) is 19.0. The fourth-order valence-corrected chi connectivity index (χ4v) is 4.41. The average Bonchev–Trinajstić information content (AvgIpc) is 3.41. The highest BCUT2D eigenvalue weighted by molar-refractivity contribution is 7.09. The number of nitrogens with zero attached hydrogens (tertiary/aromatic N) is 3. The summed E-state index contributed by atoms with van der Waals surface area (Å²) in [7, 11) is 3.33. The minimum atomic E-state index is -1.02. The number of aromatic nitrogens is 2. The number of carboxylic acids is 1. The van der Waals surface area contributed by atoms with E-state index in [1.54, 1.807) is 20.2 Å². The van der Waals surface area contributed by atoms with Crippen LogP contribution in [0.4, 0.5) is 0 Å². The summed E-state index contributed by atoms with van der Waals surface area (Å²) in [5.41, 5.74) is 1.83. The highest BCUT2D eigenvalue weighted by Crippen LogP contribution is 2.25. The maximum absolute atomic E-state index is 13.0. The number of aliphatic carboxylic acids is 1. The van der Waals surface area contributed by atoms with Crippen molar-refractivity contribution in [2.24, 2.45) is 0 Å². The van der Waals surface area contributed by atoms with Crippen LogP contribution in [-0.4, -0.2) is 45.5 Å². The van der Waals surface area contributed by atoms with Gasteiger partial charge in [0.1, 0.15) is 5.82 Å². The van der Waals surface area contributed by atoms with E-state index in [9.17, 15) is 14.7 Å². The van der Waals surface area contributed by atoms with Crippen molar-refractivity contribution in [2.45, 2.75) is 39.2 Å². The molecule has 0 radical (unpaired) electrons. The van der Waals surface area contributed by atoms with Crippen LogP contribution in [0.3, 0.4) is 0 Å². The number of unbranched alkanes of at least 4 members (excludes halogenated alkanes) is 1. The highest BCUT2D eigenvalue weighted by atomic mass is 35.5. The smallest absolute Gasteiger partial charge is 0.332 e. The van der Waals surface area contributed by atoms with E-state index in [1.807, 2.05) is 46.3 Å². The Morgan fingerprint density at radius 3 is 2.58 bits per heavy atom. The van der Waals surface area contributed by atoms with E-state index in [0.717, 1.165) is 29.1 Å². The summed E-state index contributed by atoms with van der Waals surface area (Å²) in [4.78, 5) is 32.3. The van der Waals surface area contributed by atoms with Gasteiger partial charge in [0.25, 0.3) is 5.91 Å². The number of thiophene rings is 1. The maximum atomic E-state index is 13.0. The fourth-order valence-electron chi connectivity index (χ4n) is 3.48. The van der Waals surface area contributed by atoms with Gasteiger partial charge in [0.2, 0.25) is 0 Å². The van der Waals surface area contributed by atoms with Gasteiger partial charge in [0.15, 0.2) is 5.69 Å². The number of aryl methyl sites for hydroxylation is 1. The number of amides is 1. The Labute approximate surface area is 203 Å². The molecule has 2 aromatic heterocycles. The molecule has 0 saturated heterocycles. The van der Waals surface area contributed by atoms with Crippen LogP contribution < -0.4 is 0 Å². The van der Waals surface area contributed by atoms with Crippen LogP contribution in [0.15, 0.2) is 47.4 Å². The molecule has 0 atom stereocenters. The first-order valence-electron chi connectivity index (χ1n) is 10.8. The number of imidazole rings is 1. The minimum absolute atomic E-state index is 0.201. The Kier molecular flexibility index (Phi) is 8.47. The van der Waals surface area contributed by atoms with Crippen LogP contribution in [0.5, 0.6) is 0 Å².